The van der Waals surface area contributed by atoms with Crippen molar-refractivity contribution in [3.63, 3.8) is 0 Å². The summed E-state index contributed by atoms with van der Waals surface area (Å²) < 4.78 is 27.4. The zero-order chi connectivity index (χ0) is 13.4. The summed E-state index contributed by atoms with van der Waals surface area (Å²) in [4.78, 5) is 8.42. The van der Waals surface area contributed by atoms with Crippen LogP contribution in [0.25, 0.3) is 0 Å². The van der Waals surface area contributed by atoms with Crippen LogP contribution in [0.5, 0.6) is 5.75 Å². The normalized spacial score (nSPS) is 11.4. The van der Waals surface area contributed by atoms with Crippen LogP contribution in [0.15, 0.2) is 12.1 Å². The summed E-state index contributed by atoms with van der Waals surface area (Å²) in [6.07, 6.45) is 2.64. The number of nitrogens with two attached hydrogens (primary N) is 1. The second-order valence-electron chi connectivity index (χ2n) is 3.17. The van der Waals surface area contributed by atoms with Crippen LogP contribution in [-0.2, 0) is 4.57 Å². The third-order valence-corrected chi connectivity index (χ3v) is 2.44. The van der Waals surface area contributed by atoms with Crippen molar-refractivity contribution in [1.29, 1.82) is 0 Å². The molecule has 0 aliphatic heterocycles. The Bertz CT molecular complexity index is 388. The van der Waals surface area contributed by atoms with Crippen molar-refractivity contribution >= 4 is 25.5 Å². The van der Waals surface area contributed by atoms with E-state index >= 15 is 0 Å². The molecule has 0 fully saturated rings. The van der Waals surface area contributed by atoms with E-state index in [-0.39, 0.29) is 16.5 Å². The molecule has 1 unspecified atom stereocenters. The SMILES string of the molecule is CCCC.Nc1cc(O[PH](=O)O)c(Cl)cc1F. The van der Waals surface area contributed by atoms with E-state index in [1.807, 2.05) is 0 Å². The number of benzene rings is 1. The summed E-state index contributed by atoms with van der Waals surface area (Å²) in [5.74, 6) is -0.804. The summed E-state index contributed by atoms with van der Waals surface area (Å²) in [5, 5.41) is -0.0981. The molecule has 98 valence electrons. The lowest BCUT2D eigenvalue weighted by molar-refractivity contribution is 0.410. The van der Waals surface area contributed by atoms with Crippen molar-refractivity contribution in [2.45, 2.75) is 26.7 Å². The predicted octanol–water partition coefficient (Wildman–Crippen LogP) is 3.63. The predicted molar refractivity (Wildman–Crippen MR) is 68.3 cm³/mol. The summed E-state index contributed by atoms with van der Waals surface area (Å²) >= 11 is 5.49. The zero-order valence-corrected chi connectivity index (χ0v) is 11.4. The average Bonchev–Trinajstić information content (AvgIpc) is 2.25. The van der Waals surface area contributed by atoms with Gasteiger partial charge in [0.25, 0.3) is 0 Å². The van der Waals surface area contributed by atoms with E-state index in [0.29, 0.717) is 0 Å². The fraction of sp³-hybridized carbons (Fsp3) is 0.400. The Morgan fingerprint density at radius 3 is 2.41 bits per heavy atom. The highest BCUT2D eigenvalue weighted by Crippen LogP contribution is 2.33. The Kier molecular flexibility index (Phi) is 7.96. The van der Waals surface area contributed by atoms with Crippen molar-refractivity contribution in [2.75, 3.05) is 5.73 Å². The molecule has 17 heavy (non-hydrogen) atoms. The van der Waals surface area contributed by atoms with Gasteiger partial charge in [-0.15, -0.1) is 0 Å². The molecule has 0 amide bonds. The van der Waals surface area contributed by atoms with Gasteiger partial charge in [0.1, 0.15) is 11.6 Å². The van der Waals surface area contributed by atoms with Gasteiger partial charge in [-0.25, -0.2) is 8.96 Å². The molecule has 4 nitrogen and oxygen atoms in total. The fourth-order valence-corrected chi connectivity index (χ4v) is 1.33. The number of halogens is 2. The second kappa shape index (κ2) is 8.34. The van der Waals surface area contributed by atoms with Crippen molar-refractivity contribution in [1.82, 2.24) is 0 Å². The van der Waals surface area contributed by atoms with E-state index < -0.39 is 14.1 Å². The maximum atomic E-state index is 12.7. The van der Waals surface area contributed by atoms with Crippen LogP contribution >= 0.6 is 19.9 Å². The smallest absolute Gasteiger partial charge is 0.365 e. The molecule has 1 rings (SSSR count). The first-order valence-corrected chi connectivity index (χ1v) is 6.71. The first kappa shape index (κ1) is 16.2. The van der Waals surface area contributed by atoms with Crippen molar-refractivity contribution < 1.29 is 18.4 Å². The van der Waals surface area contributed by atoms with Gasteiger partial charge in [-0.3, -0.25) is 0 Å². The lowest BCUT2D eigenvalue weighted by Crippen LogP contribution is -1.92. The molecule has 0 aliphatic rings. The number of unbranched alkanes of at least 4 members (excludes halogenated alkanes) is 1. The van der Waals surface area contributed by atoms with E-state index in [2.05, 4.69) is 18.4 Å². The quantitative estimate of drug-likeness (QED) is 0.656. The molecule has 0 saturated carbocycles. The lowest BCUT2D eigenvalue weighted by Gasteiger charge is -2.05. The molecule has 0 heterocycles. The second-order valence-corrected chi connectivity index (χ2v) is 4.32. The highest BCUT2D eigenvalue weighted by Gasteiger charge is 2.08. The van der Waals surface area contributed by atoms with Crippen LogP contribution in [0.3, 0.4) is 0 Å². The number of rotatable bonds is 3. The van der Waals surface area contributed by atoms with Gasteiger partial charge < -0.3 is 15.2 Å². The van der Waals surface area contributed by atoms with Crippen LogP contribution in [0.2, 0.25) is 5.02 Å². The van der Waals surface area contributed by atoms with E-state index in [9.17, 15) is 8.96 Å². The Balaban J connectivity index is 0.000000557. The van der Waals surface area contributed by atoms with Gasteiger partial charge >= 0.3 is 8.25 Å². The zero-order valence-electron chi connectivity index (χ0n) is 9.67. The molecular weight excluding hydrogens is 268 g/mol. The Morgan fingerprint density at radius 1 is 1.47 bits per heavy atom. The topological polar surface area (TPSA) is 72.5 Å². The summed E-state index contributed by atoms with van der Waals surface area (Å²) in [5.41, 5.74) is 4.99. The van der Waals surface area contributed by atoms with Gasteiger partial charge in [-0.2, -0.15) is 0 Å². The van der Waals surface area contributed by atoms with Crippen LogP contribution in [0.4, 0.5) is 10.1 Å². The summed E-state index contributed by atoms with van der Waals surface area (Å²) in [7, 11) is -3.15. The van der Waals surface area contributed by atoms with Crippen molar-refractivity contribution in [3.8, 4) is 5.75 Å². The van der Waals surface area contributed by atoms with Gasteiger partial charge in [0.05, 0.1) is 10.7 Å². The van der Waals surface area contributed by atoms with Gasteiger partial charge in [0.2, 0.25) is 0 Å². The van der Waals surface area contributed by atoms with E-state index in [1.54, 1.807) is 0 Å². The molecule has 0 saturated heterocycles. The molecule has 1 aromatic rings. The summed E-state index contributed by atoms with van der Waals surface area (Å²) in [6, 6.07) is 1.97. The third kappa shape index (κ3) is 6.51. The average molecular weight is 284 g/mol. The number of hydrogen-bond donors (Lipinski definition) is 2. The van der Waals surface area contributed by atoms with Crippen molar-refractivity contribution in [3.05, 3.63) is 23.0 Å². The van der Waals surface area contributed by atoms with Crippen LogP contribution in [0.1, 0.15) is 26.7 Å². The third-order valence-electron chi connectivity index (χ3n) is 1.75. The minimum atomic E-state index is -3.15. The van der Waals surface area contributed by atoms with Gasteiger partial charge in [-0.05, 0) is 6.07 Å². The molecule has 0 radical (unpaired) electrons. The fourth-order valence-electron chi connectivity index (χ4n) is 0.717. The van der Waals surface area contributed by atoms with Crippen molar-refractivity contribution in [2.24, 2.45) is 0 Å². The molecule has 0 spiro atoms. The van der Waals surface area contributed by atoms with Gasteiger partial charge in [0, 0.05) is 6.07 Å². The highest BCUT2D eigenvalue weighted by molar-refractivity contribution is 7.32. The Morgan fingerprint density at radius 2 is 2.00 bits per heavy atom. The molecule has 3 N–H and O–H groups in total. The van der Waals surface area contributed by atoms with E-state index in [0.717, 1.165) is 12.1 Å². The molecule has 0 aliphatic carbocycles. The van der Waals surface area contributed by atoms with Crippen LogP contribution in [0, 0.1) is 5.82 Å². The van der Waals surface area contributed by atoms with Gasteiger partial charge in [0.15, 0.2) is 0 Å². The minimum absolute atomic E-state index is 0.0981. The molecule has 0 bridgehead atoms. The monoisotopic (exact) mass is 283 g/mol. The summed E-state index contributed by atoms with van der Waals surface area (Å²) in [6.45, 7) is 4.36. The van der Waals surface area contributed by atoms with Crippen LogP contribution in [-0.4, -0.2) is 4.89 Å². The molecule has 1 atom stereocenters. The molecule has 1 aromatic carbocycles. The molecular formula is C10H16ClFNO3P. The largest absolute Gasteiger partial charge is 0.425 e. The van der Waals surface area contributed by atoms with E-state index in [1.165, 1.54) is 12.8 Å². The highest BCUT2D eigenvalue weighted by atomic mass is 35.5. The molecule has 0 aromatic heterocycles. The first-order valence-electron chi connectivity index (χ1n) is 5.07. The van der Waals surface area contributed by atoms with Gasteiger partial charge in [-0.1, -0.05) is 38.3 Å². The lowest BCUT2D eigenvalue weighted by atomic mass is 10.3. The number of hydrogen-bond acceptors (Lipinski definition) is 3. The number of anilines is 1. The Hall–Kier alpha value is -0.770. The first-order chi connectivity index (χ1) is 7.92. The van der Waals surface area contributed by atoms with E-state index in [4.69, 9.17) is 22.2 Å². The maximum Gasteiger partial charge on any atom is 0.365 e. The Labute approximate surface area is 105 Å². The standard InChI is InChI=1S/C6H6ClFNO3P.C4H10/c7-3-1-4(8)5(9)2-6(3)12-13(10)11;1-3-4-2/h1-2,13H,9H2,(H,10,11);3-4H2,1-2H3. The minimum Gasteiger partial charge on any atom is -0.425 e. The number of nitrogen functional groups attached to an aromatic ring is 1. The maximum absolute atomic E-state index is 12.7. The van der Waals surface area contributed by atoms with Crippen LogP contribution < -0.4 is 10.3 Å². The molecule has 7 heteroatoms.